The first-order chi connectivity index (χ1) is 9.83. The second kappa shape index (κ2) is 8.53. The molecule has 0 radical (unpaired) electrons. The van der Waals surface area contributed by atoms with Crippen LogP contribution in [-0.2, 0) is 6.42 Å². The molecule has 1 aromatic carbocycles. The first kappa shape index (κ1) is 15.7. The van der Waals surface area contributed by atoms with Crippen LogP contribution in [0.2, 0.25) is 0 Å². The molecule has 0 saturated heterocycles. The van der Waals surface area contributed by atoms with Gasteiger partial charge in [0.2, 0.25) is 0 Å². The highest BCUT2D eigenvalue weighted by Gasteiger charge is 2.23. The monoisotopic (exact) mass is 295 g/mol. The Morgan fingerprint density at radius 2 is 1.85 bits per heavy atom. The van der Waals surface area contributed by atoms with Crippen LogP contribution < -0.4 is 10.1 Å². The second-order valence-corrected chi connectivity index (χ2v) is 6.07. The minimum absolute atomic E-state index is 0.721. The van der Waals surface area contributed by atoms with Crippen molar-refractivity contribution in [2.24, 2.45) is 11.8 Å². The van der Waals surface area contributed by atoms with Crippen LogP contribution in [0.25, 0.3) is 0 Å². The minimum atomic E-state index is 0.721. The Bertz CT molecular complexity index is 379. The summed E-state index contributed by atoms with van der Waals surface area (Å²) < 4.78 is 5.17. The van der Waals surface area contributed by atoms with Crippen molar-refractivity contribution in [1.29, 1.82) is 0 Å². The Morgan fingerprint density at radius 3 is 2.50 bits per heavy atom. The van der Waals surface area contributed by atoms with Crippen LogP contribution >= 0.6 is 11.6 Å². The molecule has 0 heterocycles. The highest BCUT2D eigenvalue weighted by Crippen LogP contribution is 2.30. The van der Waals surface area contributed by atoms with E-state index >= 15 is 0 Å². The standard InChI is InChI=1S/C17H26ClNO/c1-20-17-8-6-14(7-9-17)10-11-19-13-16-5-3-2-4-15(16)12-18/h6-9,15-16,19H,2-5,10-13H2,1H3. The summed E-state index contributed by atoms with van der Waals surface area (Å²) in [6, 6.07) is 8.34. The summed E-state index contributed by atoms with van der Waals surface area (Å²) in [5.41, 5.74) is 1.36. The van der Waals surface area contributed by atoms with Crippen molar-refractivity contribution in [3.05, 3.63) is 29.8 Å². The maximum atomic E-state index is 6.07. The first-order valence-corrected chi connectivity index (χ1v) is 8.26. The normalized spacial score (nSPS) is 22.7. The summed E-state index contributed by atoms with van der Waals surface area (Å²) in [6.07, 6.45) is 6.46. The number of hydrogen-bond acceptors (Lipinski definition) is 2. The number of halogens is 1. The number of benzene rings is 1. The average Bonchev–Trinajstić information content (AvgIpc) is 2.52. The van der Waals surface area contributed by atoms with E-state index in [1.807, 2.05) is 12.1 Å². The highest BCUT2D eigenvalue weighted by atomic mass is 35.5. The van der Waals surface area contributed by atoms with Gasteiger partial charge in [-0.15, -0.1) is 11.6 Å². The van der Waals surface area contributed by atoms with Gasteiger partial charge in [-0.25, -0.2) is 0 Å². The molecule has 112 valence electrons. The topological polar surface area (TPSA) is 21.3 Å². The molecule has 0 spiro atoms. The SMILES string of the molecule is COc1ccc(CCNCC2CCCCC2CCl)cc1. The third kappa shape index (κ3) is 4.68. The molecule has 0 bridgehead atoms. The van der Waals surface area contributed by atoms with Gasteiger partial charge >= 0.3 is 0 Å². The fourth-order valence-corrected chi connectivity index (χ4v) is 3.47. The van der Waals surface area contributed by atoms with Crippen molar-refractivity contribution in [2.45, 2.75) is 32.1 Å². The van der Waals surface area contributed by atoms with E-state index in [4.69, 9.17) is 16.3 Å². The van der Waals surface area contributed by atoms with Gasteiger partial charge in [-0.3, -0.25) is 0 Å². The molecule has 2 nitrogen and oxygen atoms in total. The van der Waals surface area contributed by atoms with E-state index in [-0.39, 0.29) is 0 Å². The number of hydrogen-bond donors (Lipinski definition) is 1. The van der Waals surface area contributed by atoms with E-state index in [1.165, 1.54) is 31.2 Å². The summed E-state index contributed by atoms with van der Waals surface area (Å²) in [4.78, 5) is 0. The molecule has 2 atom stereocenters. The summed E-state index contributed by atoms with van der Waals surface area (Å²) >= 11 is 6.07. The van der Waals surface area contributed by atoms with E-state index in [2.05, 4.69) is 17.4 Å². The molecule has 1 aromatic rings. The lowest BCUT2D eigenvalue weighted by atomic mass is 9.80. The molecular weight excluding hydrogens is 270 g/mol. The maximum absolute atomic E-state index is 6.07. The van der Waals surface area contributed by atoms with Crippen LogP contribution in [0.3, 0.4) is 0 Å². The number of nitrogens with one attached hydrogen (secondary N) is 1. The smallest absolute Gasteiger partial charge is 0.118 e. The Hall–Kier alpha value is -0.730. The molecular formula is C17H26ClNO. The number of ether oxygens (including phenoxy) is 1. The van der Waals surface area contributed by atoms with Gasteiger partial charge in [-0.05, 0) is 61.9 Å². The molecule has 1 saturated carbocycles. The van der Waals surface area contributed by atoms with E-state index in [0.29, 0.717) is 0 Å². The first-order valence-electron chi connectivity index (χ1n) is 7.73. The van der Waals surface area contributed by atoms with Crippen LogP contribution in [0, 0.1) is 11.8 Å². The Balaban J connectivity index is 1.67. The summed E-state index contributed by atoms with van der Waals surface area (Å²) in [5, 5.41) is 3.61. The zero-order valence-corrected chi connectivity index (χ0v) is 13.2. The average molecular weight is 296 g/mol. The van der Waals surface area contributed by atoms with Crippen molar-refractivity contribution >= 4 is 11.6 Å². The lowest BCUT2D eigenvalue weighted by Crippen LogP contribution is -2.32. The largest absolute Gasteiger partial charge is 0.497 e. The summed E-state index contributed by atoms with van der Waals surface area (Å²) in [7, 11) is 1.70. The van der Waals surface area contributed by atoms with Crippen LogP contribution in [0.1, 0.15) is 31.2 Å². The van der Waals surface area contributed by atoms with Crippen LogP contribution in [0.4, 0.5) is 0 Å². The maximum Gasteiger partial charge on any atom is 0.118 e. The molecule has 2 unspecified atom stereocenters. The van der Waals surface area contributed by atoms with Gasteiger partial charge in [-0.1, -0.05) is 25.0 Å². The van der Waals surface area contributed by atoms with Gasteiger partial charge in [0.1, 0.15) is 5.75 Å². The predicted octanol–water partition coefficient (Wildman–Crippen LogP) is 3.87. The zero-order chi connectivity index (χ0) is 14.2. The molecule has 3 heteroatoms. The van der Waals surface area contributed by atoms with Gasteiger partial charge in [0, 0.05) is 5.88 Å². The van der Waals surface area contributed by atoms with Gasteiger partial charge in [-0.2, -0.15) is 0 Å². The molecule has 0 amide bonds. The molecule has 1 fully saturated rings. The Kier molecular flexibility index (Phi) is 6.68. The van der Waals surface area contributed by atoms with Crippen molar-refractivity contribution in [1.82, 2.24) is 5.32 Å². The van der Waals surface area contributed by atoms with Crippen molar-refractivity contribution in [2.75, 3.05) is 26.1 Å². The van der Waals surface area contributed by atoms with Crippen LogP contribution in [0.15, 0.2) is 24.3 Å². The molecule has 1 aliphatic carbocycles. The third-order valence-electron chi connectivity index (χ3n) is 4.42. The molecule has 1 N–H and O–H groups in total. The van der Waals surface area contributed by atoms with Crippen molar-refractivity contribution < 1.29 is 4.74 Å². The predicted molar refractivity (Wildman–Crippen MR) is 85.7 cm³/mol. The third-order valence-corrected chi connectivity index (χ3v) is 4.82. The fraction of sp³-hybridized carbons (Fsp3) is 0.647. The second-order valence-electron chi connectivity index (χ2n) is 5.76. The molecule has 2 rings (SSSR count). The fourth-order valence-electron chi connectivity index (χ4n) is 3.07. The Labute approximate surface area is 127 Å². The van der Waals surface area contributed by atoms with Gasteiger partial charge in [0.05, 0.1) is 7.11 Å². The highest BCUT2D eigenvalue weighted by molar-refractivity contribution is 6.18. The Morgan fingerprint density at radius 1 is 1.15 bits per heavy atom. The molecule has 1 aliphatic rings. The van der Waals surface area contributed by atoms with Crippen LogP contribution in [-0.4, -0.2) is 26.1 Å². The zero-order valence-electron chi connectivity index (χ0n) is 12.4. The quantitative estimate of drug-likeness (QED) is 0.609. The number of alkyl halides is 1. The van der Waals surface area contributed by atoms with Crippen molar-refractivity contribution in [3.63, 3.8) is 0 Å². The van der Waals surface area contributed by atoms with E-state index < -0.39 is 0 Å². The number of methoxy groups -OCH3 is 1. The lowest BCUT2D eigenvalue weighted by Gasteiger charge is -2.30. The molecule has 0 aliphatic heterocycles. The summed E-state index contributed by atoms with van der Waals surface area (Å²) in [6.45, 7) is 2.16. The van der Waals surface area contributed by atoms with Gasteiger partial charge in [0.15, 0.2) is 0 Å². The van der Waals surface area contributed by atoms with E-state index in [9.17, 15) is 0 Å². The van der Waals surface area contributed by atoms with Crippen molar-refractivity contribution in [3.8, 4) is 5.75 Å². The van der Waals surface area contributed by atoms with Gasteiger partial charge < -0.3 is 10.1 Å². The van der Waals surface area contributed by atoms with E-state index in [0.717, 1.165) is 43.0 Å². The van der Waals surface area contributed by atoms with Crippen LogP contribution in [0.5, 0.6) is 5.75 Å². The van der Waals surface area contributed by atoms with E-state index in [1.54, 1.807) is 7.11 Å². The van der Waals surface area contributed by atoms with Gasteiger partial charge in [0.25, 0.3) is 0 Å². The minimum Gasteiger partial charge on any atom is -0.497 e. The molecule has 0 aromatic heterocycles. The lowest BCUT2D eigenvalue weighted by molar-refractivity contribution is 0.251. The number of rotatable bonds is 7. The molecule has 20 heavy (non-hydrogen) atoms. The summed E-state index contributed by atoms with van der Waals surface area (Å²) in [5.74, 6) is 3.25.